The van der Waals surface area contributed by atoms with Crippen molar-refractivity contribution < 1.29 is 0 Å². The van der Waals surface area contributed by atoms with Gasteiger partial charge in [-0.3, -0.25) is 9.89 Å². The van der Waals surface area contributed by atoms with E-state index in [1.54, 1.807) is 0 Å². The molecule has 5 nitrogen and oxygen atoms in total. The Balaban J connectivity index is 0.00000300. The van der Waals surface area contributed by atoms with Crippen LogP contribution in [0.15, 0.2) is 35.3 Å². The van der Waals surface area contributed by atoms with Crippen molar-refractivity contribution >= 4 is 29.9 Å². The van der Waals surface area contributed by atoms with E-state index in [0.29, 0.717) is 6.04 Å². The van der Waals surface area contributed by atoms with Crippen molar-refractivity contribution in [3.05, 3.63) is 35.9 Å². The highest BCUT2D eigenvalue weighted by Crippen LogP contribution is 2.31. The molecule has 1 aromatic carbocycles. The summed E-state index contributed by atoms with van der Waals surface area (Å²) in [5.41, 5.74) is 1.37. The highest BCUT2D eigenvalue weighted by atomic mass is 127. The summed E-state index contributed by atoms with van der Waals surface area (Å²) in [4.78, 5) is 9.97. The lowest BCUT2D eigenvalue weighted by Gasteiger charge is -2.25. The van der Waals surface area contributed by atoms with Gasteiger partial charge in [-0.25, -0.2) is 0 Å². The number of nitrogens with zero attached hydrogens (tertiary/aromatic N) is 3. The highest BCUT2D eigenvalue weighted by Gasteiger charge is 2.34. The Morgan fingerprint density at radius 3 is 2.66 bits per heavy atom. The monoisotopic (exact) mass is 513 g/mol. The predicted octanol–water partition coefficient (Wildman–Crippen LogP) is 3.55. The average molecular weight is 514 g/mol. The molecule has 1 saturated heterocycles. The largest absolute Gasteiger partial charge is 0.357 e. The van der Waals surface area contributed by atoms with Crippen molar-refractivity contribution in [2.75, 3.05) is 39.8 Å². The Morgan fingerprint density at radius 2 is 1.97 bits per heavy atom. The fourth-order valence-electron chi connectivity index (χ4n) is 3.99. The van der Waals surface area contributed by atoms with Crippen molar-refractivity contribution in [2.24, 2.45) is 10.9 Å². The van der Waals surface area contributed by atoms with Gasteiger partial charge in [-0.2, -0.15) is 0 Å². The lowest BCUT2D eigenvalue weighted by molar-refractivity contribution is 0.238. The quantitative estimate of drug-likeness (QED) is 0.285. The van der Waals surface area contributed by atoms with Gasteiger partial charge < -0.3 is 15.5 Å². The smallest absolute Gasteiger partial charge is 0.191 e. The molecular weight excluding hydrogens is 473 g/mol. The van der Waals surface area contributed by atoms with Gasteiger partial charge in [-0.05, 0) is 64.6 Å². The third-order valence-electron chi connectivity index (χ3n) is 6.11. The maximum Gasteiger partial charge on any atom is 0.191 e. The van der Waals surface area contributed by atoms with Crippen LogP contribution in [-0.4, -0.2) is 67.6 Å². The summed E-state index contributed by atoms with van der Waals surface area (Å²) in [5, 5.41) is 6.95. The minimum atomic E-state index is 0. The zero-order chi connectivity index (χ0) is 19.8. The van der Waals surface area contributed by atoms with E-state index >= 15 is 0 Å². The Labute approximate surface area is 194 Å². The van der Waals surface area contributed by atoms with Crippen molar-refractivity contribution in [1.82, 2.24) is 20.4 Å². The van der Waals surface area contributed by atoms with Crippen LogP contribution in [-0.2, 0) is 6.54 Å². The second-order valence-electron chi connectivity index (χ2n) is 8.57. The predicted molar refractivity (Wildman–Crippen MR) is 134 cm³/mol. The number of nitrogens with one attached hydrogen (secondary N) is 2. The molecule has 0 aromatic heterocycles. The van der Waals surface area contributed by atoms with Crippen LogP contribution in [0.2, 0.25) is 0 Å². The number of likely N-dealkylation sites (tertiary alicyclic amines) is 1. The summed E-state index contributed by atoms with van der Waals surface area (Å²) >= 11 is 0. The molecule has 1 aromatic rings. The standard InChI is InChI=1S/C23H39N5.HI/c1-4-24-23(26-16-21-13-15-28(18-21)22-10-11-22)25-14-12-19(2)27(3)17-20-8-6-5-7-9-20;/h5-9,19,21-22H,4,10-18H2,1-3H3,(H2,24,25,26);1H. The van der Waals surface area contributed by atoms with E-state index in [-0.39, 0.29) is 24.0 Å². The fourth-order valence-corrected chi connectivity index (χ4v) is 3.99. The van der Waals surface area contributed by atoms with E-state index < -0.39 is 0 Å². The average Bonchev–Trinajstić information content (AvgIpc) is 3.45. The molecule has 2 atom stereocenters. The molecular formula is C23H40IN5. The van der Waals surface area contributed by atoms with Crippen LogP contribution < -0.4 is 10.6 Å². The maximum atomic E-state index is 4.87. The number of hydrogen-bond donors (Lipinski definition) is 2. The lowest BCUT2D eigenvalue weighted by atomic mass is 10.1. The van der Waals surface area contributed by atoms with Crippen molar-refractivity contribution in [1.29, 1.82) is 0 Å². The lowest BCUT2D eigenvalue weighted by Crippen LogP contribution is -2.40. The first-order chi connectivity index (χ1) is 13.7. The summed E-state index contributed by atoms with van der Waals surface area (Å²) in [6.45, 7) is 10.8. The van der Waals surface area contributed by atoms with Gasteiger partial charge in [0.05, 0.1) is 0 Å². The summed E-state index contributed by atoms with van der Waals surface area (Å²) in [7, 11) is 2.21. The Kier molecular flexibility index (Phi) is 10.7. The SMILES string of the molecule is CCNC(=NCC1CCN(C2CC2)C1)NCCC(C)N(C)Cc1ccccc1.I. The molecule has 2 aliphatic rings. The molecule has 164 valence electrons. The van der Waals surface area contributed by atoms with Gasteiger partial charge in [0.2, 0.25) is 0 Å². The molecule has 2 fully saturated rings. The van der Waals surface area contributed by atoms with Crippen molar-refractivity contribution in [3.8, 4) is 0 Å². The van der Waals surface area contributed by atoms with Crippen LogP contribution in [0.3, 0.4) is 0 Å². The van der Waals surface area contributed by atoms with Gasteiger partial charge in [0.1, 0.15) is 0 Å². The first-order valence-corrected chi connectivity index (χ1v) is 11.2. The van der Waals surface area contributed by atoms with Gasteiger partial charge in [0, 0.05) is 44.8 Å². The molecule has 2 unspecified atom stereocenters. The Morgan fingerprint density at radius 1 is 1.21 bits per heavy atom. The fraction of sp³-hybridized carbons (Fsp3) is 0.696. The molecule has 1 saturated carbocycles. The number of benzene rings is 1. The molecule has 2 N–H and O–H groups in total. The molecule has 29 heavy (non-hydrogen) atoms. The zero-order valence-corrected chi connectivity index (χ0v) is 20.8. The number of aliphatic imine (C=N–C) groups is 1. The first kappa shape index (κ1) is 24.4. The Bertz CT molecular complexity index is 605. The molecule has 3 rings (SSSR count). The zero-order valence-electron chi connectivity index (χ0n) is 18.4. The molecule has 0 radical (unpaired) electrons. The number of hydrogen-bond acceptors (Lipinski definition) is 3. The summed E-state index contributed by atoms with van der Waals surface area (Å²) in [6, 6.07) is 12.1. The van der Waals surface area contributed by atoms with E-state index in [4.69, 9.17) is 4.99 Å². The van der Waals surface area contributed by atoms with Gasteiger partial charge in [-0.15, -0.1) is 24.0 Å². The van der Waals surface area contributed by atoms with Crippen LogP contribution >= 0.6 is 24.0 Å². The minimum absolute atomic E-state index is 0. The van der Waals surface area contributed by atoms with E-state index in [2.05, 4.69) is 71.7 Å². The van der Waals surface area contributed by atoms with E-state index in [9.17, 15) is 0 Å². The normalized spacial score (nSPS) is 21.1. The van der Waals surface area contributed by atoms with Gasteiger partial charge in [0.15, 0.2) is 5.96 Å². The molecule has 0 bridgehead atoms. The van der Waals surface area contributed by atoms with Crippen molar-refractivity contribution in [3.63, 3.8) is 0 Å². The van der Waals surface area contributed by atoms with Crippen LogP contribution in [0.25, 0.3) is 0 Å². The second-order valence-corrected chi connectivity index (χ2v) is 8.57. The molecule has 0 amide bonds. The molecule has 0 spiro atoms. The second kappa shape index (κ2) is 12.7. The number of halogens is 1. The van der Waals surface area contributed by atoms with Gasteiger partial charge >= 0.3 is 0 Å². The van der Waals surface area contributed by atoms with Crippen molar-refractivity contribution in [2.45, 2.75) is 58.2 Å². The molecule has 1 aliphatic carbocycles. The van der Waals surface area contributed by atoms with Crippen LogP contribution in [0.1, 0.15) is 45.1 Å². The molecule has 1 aliphatic heterocycles. The first-order valence-electron chi connectivity index (χ1n) is 11.2. The van der Waals surface area contributed by atoms with Crippen LogP contribution in [0.4, 0.5) is 0 Å². The van der Waals surface area contributed by atoms with Crippen LogP contribution in [0.5, 0.6) is 0 Å². The van der Waals surface area contributed by atoms with Gasteiger partial charge in [0.25, 0.3) is 0 Å². The van der Waals surface area contributed by atoms with Crippen LogP contribution in [0, 0.1) is 5.92 Å². The topological polar surface area (TPSA) is 42.9 Å². The van der Waals surface area contributed by atoms with E-state index in [1.165, 1.54) is 37.9 Å². The third-order valence-corrected chi connectivity index (χ3v) is 6.11. The number of rotatable bonds is 10. The molecule has 1 heterocycles. The number of guanidine groups is 1. The maximum absolute atomic E-state index is 4.87. The summed E-state index contributed by atoms with van der Waals surface area (Å²) in [5.74, 6) is 1.71. The van der Waals surface area contributed by atoms with E-state index in [1.807, 2.05) is 0 Å². The van der Waals surface area contributed by atoms with E-state index in [0.717, 1.165) is 50.5 Å². The third kappa shape index (κ3) is 8.42. The summed E-state index contributed by atoms with van der Waals surface area (Å²) < 4.78 is 0. The highest BCUT2D eigenvalue weighted by molar-refractivity contribution is 14.0. The molecule has 6 heteroatoms. The Hall–Kier alpha value is -0.860. The van der Waals surface area contributed by atoms with Gasteiger partial charge in [-0.1, -0.05) is 30.3 Å². The summed E-state index contributed by atoms with van der Waals surface area (Å²) in [6.07, 6.45) is 5.24. The minimum Gasteiger partial charge on any atom is -0.357 e.